The number of ether oxygens (including phenoxy) is 1. The predicted octanol–water partition coefficient (Wildman–Crippen LogP) is 2.25. The summed E-state index contributed by atoms with van der Waals surface area (Å²) in [5.74, 6) is -0.313. The molecule has 0 saturated carbocycles. The van der Waals surface area contributed by atoms with Crippen LogP contribution in [0.15, 0.2) is 24.3 Å². The molecule has 2 amide bonds. The minimum absolute atomic E-state index is 0.0197. The van der Waals surface area contributed by atoms with E-state index in [1.807, 2.05) is 31.2 Å². The standard InChI is InChI=1S/C19H21N3O4S2/c1-19-8-7-16(23)22(19)13(11-27-19)18(25)26-10-17(24)21(2)9-15-20-12-5-3-4-6-14(12)28-15/h3-6,13H,7-11H2,1-2H3/t13-,19-/m0/s1. The Hall–Kier alpha value is -2.13. The maximum Gasteiger partial charge on any atom is 0.330 e. The topological polar surface area (TPSA) is 79.8 Å². The van der Waals surface area contributed by atoms with Gasteiger partial charge in [-0.1, -0.05) is 12.1 Å². The Balaban J connectivity index is 1.32. The molecule has 2 saturated heterocycles. The van der Waals surface area contributed by atoms with Crippen molar-refractivity contribution in [1.29, 1.82) is 0 Å². The van der Waals surface area contributed by atoms with Crippen LogP contribution in [-0.4, -0.2) is 62.9 Å². The second kappa shape index (κ2) is 7.36. The van der Waals surface area contributed by atoms with Gasteiger partial charge in [-0.25, -0.2) is 9.78 Å². The third kappa shape index (κ3) is 3.48. The van der Waals surface area contributed by atoms with Gasteiger partial charge in [0.05, 0.1) is 21.6 Å². The van der Waals surface area contributed by atoms with Gasteiger partial charge in [0.25, 0.3) is 5.91 Å². The number of hydrogen-bond donors (Lipinski definition) is 0. The number of carbonyl (C=O) groups is 3. The van der Waals surface area contributed by atoms with Gasteiger partial charge in [0, 0.05) is 19.2 Å². The van der Waals surface area contributed by atoms with Crippen molar-refractivity contribution in [3.05, 3.63) is 29.3 Å². The first kappa shape index (κ1) is 19.2. The van der Waals surface area contributed by atoms with Crippen LogP contribution in [0.25, 0.3) is 10.2 Å². The first-order chi connectivity index (χ1) is 13.4. The van der Waals surface area contributed by atoms with Gasteiger partial charge in [0.15, 0.2) is 6.61 Å². The zero-order valence-corrected chi connectivity index (χ0v) is 17.3. The predicted molar refractivity (Wildman–Crippen MR) is 108 cm³/mol. The lowest BCUT2D eigenvalue weighted by Gasteiger charge is -2.29. The first-order valence-corrected chi connectivity index (χ1v) is 10.9. The van der Waals surface area contributed by atoms with Crippen LogP contribution in [0, 0.1) is 0 Å². The van der Waals surface area contributed by atoms with Crippen LogP contribution >= 0.6 is 23.1 Å². The summed E-state index contributed by atoms with van der Waals surface area (Å²) in [7, 11) is 1.66. The van der Waals surface area contributed by atoms with Crippen LogP contribution in [0.2, 0.25) is 0 Å². The Morgan fingerprint density at radius 2 is 2.18 bits per heavy atom. The molecule has 2 fully saturated rings. The van der Waals surface area contributed by atoms with Gasteiger partial charge in [-0.2, -0.15) is 0 Å². The molecule has 3 heterocycles. The van der Waals surface area contributed by atoms with Crippen molar-refractivity contribution >= 4 is 51.1 Å². The molecule has 0 radical (unpaired) electrons. The lowest BCUT2D eigenvalue weighted by Crippen LogP contribution is -2.47. The summed E-state index contributed by atoms with van der Waals surface area (Å²) in [5.41, 5.74) is 0.909. The normalized spacial score (nSPS) is 23.9. The van der Waals surface area contributed by atoms with Crippen molar-refractivity contribution < 1.29 is 19.1 Å². The van der Waals surface area contributed by atoms with Gasteiger partial charge >= 0.3 is 5.97 Å². The molecule has 0 N–H and O–H groups in total. The molecule has 7 nitrogen and oxygen atoms in total. The minimum Gasteiger partial charge on any atom is -0.454 e. The zero-order valence-electron chi connectivity index (χ0n) is 15.7. The molecule has 1 aromatic heterocycles. The maximum absolute atomic E-state index is 12.5. The van der Waals surface area contributed by atoms with Gasteiger partial charge in [-0.3, -0.25) is 9.59 Å². The molecule has 148 valence electrons. The molecule has 2 aliphatic heterocycles. The summed E-state index contributed by atoms with van der Waals surface area (Å²) in [4.78, 5) is 44.3. The number of para-hydroxylation sites is 1. The van der Waals surface area contributed by atoms with Crippen LogP contribution in [0.1, 0.15) is 24.8 Å². The molecular weight excluding hydrogens is 398 g/mol. The summed E-state index contributed by atoms with van der Waals surface area (Å²) in [6.45, 7) is 2.00. The highest BCUT2D eigenvalue weighted by Crippen LogP contribution is 2.47. The lowest BCUT2D eigenvalue weighted by atomic mass is 10.2. The number of thiazole rings is 1. The number of carbonyl (C=O) groups excluding carboxylic acids is 3. The quantitative estimate of drug-likeness (QED) is 0.692. The molecule has 0 bridgehead atoms. The molecule has 2 atom stereocenters. The van der Waals surface area contributed by atoms with Gasteiger partial charge in [0.2, 0.25) is 5.91 Å². The van der Waals surface area contributed by atoms with E-state index >= 15 is 0 Å². The van der Waals surface area contributed by atoms with E-state index in [2.05, 4.69) is 4.98 Å². The van der Waals surface area contributed by atoms with Crippen molar-refractivity contribution in [2.75, 3.05) is 19.4 Å². The summed E-state index contributed by atoms with van der Waals surface area (Å²) in [5, 5.41) is 0.828. The van der Waals surface area contributed by atoms with E-state index in [1.54, 1.807) is 23.7 Å². The van der Waals surface area contributed by atoms with Gasteiger partial charge < -0.3 is 14.5 Å². The van der Waals surface area contributed by atoms with Crippen molar-refractivity contribution in [2.24, 2.45) is 0 Å². The molecule has 1 aromatic carbocycles. The Morgan fingerprint density at radius 3 is 2.96 bits per heavy atom. The molecular formula is C19H21N3O4S2. The number of fused-ring (bicyclic) bond motifs is 2. The molecule has 0 spiro atoms. The van der Waals surface area contributed by atoms with Crippen molar-refractivity contribution in [3.8, 4) is 0 Å². The highest BCUT2D eigenvalue weighted by Gasteiger charge is 2.53. The van der Waals surface area contributed by atoms with E-state index in [0.717, 1.165) is 21.6 Å². The van der Waals surface area contributed by atoms with Crippen LogP contribution < -0.4 is 0 Å². The molecule has 28 heavy (non-hydrogen) atoms. The molecule has 2 aliphatic rings. The molecule has 0 aliphatic carbocycles. The summed E-state index contributed by atoms with van der Waals surface area (Å²) < 4.78 is 6.32. The zero-order chi connectivity index (χ0) is 19.9. The number of esters is 1. The highest BCUT2D eigenvalue weighted by atomic mass is 32.2. The summed E-state index contributed by atoms with van der Waals surface area (Å²) >= 11 is 3.14. The average molecular weight is 420 g/mol. The van der Waals surface area contributed by atoms with Gasteiger partial charge in [0.1, 0.15) is 11.0 Å². The molecule has 0 unspecified atom stereocenters. The summed E-state index contributed by atoms with van der Waals surface area (Å²) in [6, 6.07) is 7.21. The van der Waals surface area contributed by atoms with E-state index in [4.69, 9.17) is 4.74 Å². The monoisotopic (exact) mass is 419 g/mol. The number of amides is 2. The second-order valence-corrected chi connectivity index (χ2v) is 9.82. The molecule has 4 rings (SSSR count). The van der Waals surface area contributed by atoms with Crippen LogP contribution in [-0.2, 0) is 25.7 Å². The van der Waals surface area contributed by atoms with Gasteiger partial charge in [-0.15, -0.1) is 23.1 Å². The van der Waals surface area contributed by atoms with Crippen molar-refractivity contribution in [1.82, 2.24) is 14.8 Å². The number of aromatic nitrogens is 1. The van der Waals surface area contributed by atoms with Crippen LogP contribution in [0.4, 0.5) is 0 Å². The summed E-state index contributed by atoms with van der Waals surface area (Å²) in [6.07, 6.45) is 1.20. The molecule has 2 aromatic rings. The number of hydrogen-bond acceptors (Lipinski definition) is 7. The van der Waals surface area contributed by atoms with E-state index in [1.165, 1.54) is 16.2 Å². The molecule has 9 heteroatoms. The van der Waals surface area contributed by atoms with E-state index in [0.29, 0.717) is 18.7 Å². The minimum atomic E-state index is -0.604. The van der Waals surface area contributed by atoms with E-state index < -0.39 is 12.0 Å². The van der Waals surface area contributed by atoms with E-state index in [-0.39, 0.29) is 23.3 Å². The number of nitrogens with zero attached hydrogens (tertiary/aromatic N) is 3. The Morgan fingerprint density at radius 1 is 1.39 bits per heavy atom. The largest absolute Gasteiger partial charge is 0.454 e. The second-order valence-electron chi connectivity index (χ2n) is 7.20. The highest BCUT2D eigenvalue weighted by molar-refractivity contribution is 8.01. The number of rotatable bonds is 5. The van der Waals surface area contributed by atoms with Crippen LogP contribution in [0.5, 0.6) is 0 Å². The smallest absolute Gasteiger partial charge is 0.330 e. The lowest BCUT2D eigenvalue weighted by molar-refractivity contribution is -0.158. The number of likely N-dealkylation sites (N-methyl/N-ethyl adjacent to an activating group) is 1. The fraction of sp³-hybridized carbons (Fsp3) is 0.474. The third-order valence-electron chi connectivity index (χ3n) is 5.19. The Bertz CT molecular complexity index is 913. The van der Waals surface area contributed by atoms with Crippen LogP contribution in [0.3, 0.4) is 0 Å². The first-order valence-electron chi connectivity index (χ1n) is 9.08. The fourth-order valence-electron chi connectivity index (χ4n) is 3.61. The van der Waals surface area contributed by atoms with Crippen molar-refractivity contribution in [2.45, 2.75) is 37.2 Å². The number of benzene rings is 1. The SMILES string of the molecule is CN(Cc1nc2ccccc2s1)C(=O)COC(=O)[C@@H]1CS[C@@]2(C)CCC(=O)N12. The fourth-order valence-corrected chi connectivity index (χ4v) is 6.05. The number of thioether (sulfide) groups is 1. The average Bonchev–Trinajstić information content (AvgIpc) is 3.32. The Kier molecular flexibility index (Phi) is 5.05. The van der Waals surface area contributed by atoms with E-state index in [9.17, 15) is 14.4 Å². The third-order valence-corrected chi connectivity index (χ3v) is 7.72. The van der Waals surface area contributed by atoms with Crippen molar-refractivity contribution in [3.63, 3.8) is 0 Å². The van der Waals surface area contributed by atoms with Gasteiger partial charge in [-0.05, 0) is 25.5 Å². The maximum atomic E-state index is 12.5. The Labute approximate surface area is 171 Å².